The van der Waals surface area contributed by atoms with Crippen molar-refractivity contribution in [3.05, 3.63) is 42.0 Å². The monoisotopic (exact) mass is 316 g/mol. The molecule has 0 saturated carbocycles. The maximum atomic E-state index is 13.0. The van der Waals surface area contributed by atoms with Crippen molar-refractivity contribution in [3.63, 3.8) is 0 Å². The Morgan fingerprint density at radius 2 is 2.00 bits per heavy atom. The molecule has 0 radical (unpaired) electrons. The quantitative estimate of drug-likeness (QED) is 0.833. The normalized spacial score (nSPS) is 14.4. The number of esters is 1. The van der Waals surface area contributed by atoms with Crippen LogP contribution in [0.1, 0.15) is 11.3 Å². The Bertz CT molecular complexity index is 659. The van der Waals surface area contributed by atoms with Crippen LogP contribution in [0.25, 0.3) is 0 Å². The topological polar surface area (TPSA) is 90.1 Å². The third-order valence-electron chi connectivity index (χ3n) is 2.89. The number of ether oxygens (including phenoxy) is 1. The highest BCUT2D eigenvalue weighted by Gasteiger charge is 2.64. The molecule has 0 bridgehead atoms. The number of hydrogen-bond acceptors (Lipinski definition) is 6. The molecule has 0 aliphatic carbocycles. The SMILES string of the molecule is COC(=O)C(O)(c1cn(Cc2ccncc2)nn1)C(F)(F)F. The molecular formula is C12H11F3N4O3. The van der Waals surface area contributed by atoms with E-state index in [-0.39, 0.29) is 6.54 Å². The summed E-state index contributed by atoms with van der Waals surface area (Å²) in [6, 6.07) is 3.27. The van der Waals surface area contributed by atoms with Crippen LogP contribution in [0.2, 0.25) is 0 Å². The molecule has 2 rings (SSSR count). The van der Waals surface area contributed by atoms with E-state index in [4.69, 9.17) is 0 Å². The fraction of sp³-hybridized carbons (Fsp3) is 0.333. The zero-order valence-electron chi connectivity index (χ0n) is 11.3. The van der Waals surface area contributed by atoms with Gasteiger partial charge in [0.15, 0.2) is 0 Å². The van der Waals surface area contributed by atoms with Gasteiger partial charge in [0.25, 0.3) is 0 Å². The van der Waals surface area contributed by atoms with Gasteiger partial charge >= 0.3 is 17.7 Å². The first kappa shape index (κ1) is 15.9. The molecule has 22 heavy (non-hydrogen) atoms. The van der Waals surface area contributed by atoms with Crippen molar-refractivity contribution in [2.24, 2.45) is 0 Å². The summed E-state index contributed by atoms with van der Waals surface area (Å²) in [6.45, 7) is 0.102. The van der Waals surface area contributed by atoms with Crippen LogP contribution in [0.3, 0.4) is 0 Å². The predicted molar refractivity (Wildman–Crippen MR) is 65.3 cm³/mol. The lowest BCUT2D eigenvalue weighted by Crippen LogP contribution is -2.50. The number of hydrogen-bond donors (Lipinski definition) is 1. The number of nitrogens with zero attached hydrogens (tertiary/aromatic N) is 4. The molecule has 0 aliphatic heterocycles. The Morgan fingerprint density at radius 3 is 2.55 bits per heavy atom. The number of carbonyl (C=O) groups is 1. The first-order valence-electron chi connectivity index (χ1n) is 5.96. The highest BCUT2D eigenvalue weighted by Crippen LogP contribution is 2.38. The number of carbonyl (C=O) groups excluding carboxylic acids is 1. The molecule has 0 saturated heterocycles. The molecule has 2 heterocycles. The maximum absolute atomic E-state index is 13.0. The molecule has 1 atom stereocenters. The van der Waals surface area contributed by atoms with Gasteiger partial charge in [0.1, 0.15) is 5.69 Å². The van der Waals surface area contributed by atoms with E-state index in [1.807, 2.05) is 0 Å². The minimum atomic E-state index is -5.29. The number of aromatic nitrogens is 4. The second-order valence-electron chi connectivity index (χ2n) is 4.36. The van der Waals surface area contributed by atoms with Gasteiger partial charge in [-0.25, -0.2) is 9.48 Å². The average Bonchev–Trinajstić information content (AvgIpc) is 2.94. The molecular weight excluding hydrogens is 305 g/mol. The van der Waals surface area contributed by atoms with E-state index >= 15 is 0 Å². The van der Waals surface area contributed by atoms with E-state index in [0.29, 0.717) is 5.56 Å². The predicted octanol–water partition coefficient (Wildman–Crippen LogP) is 0.644. The van der Waals surface area contributed by atoms with Crippen molar-refractivity contribution < 1.29 is 27.8 Å². The van der Waals surface area contributed by atoms with Gasteiger partial charge in [-0.15, -0.1) is 5.10 Å². The molecule has 7 nitrogen and oxygen atoms in total. The maximum Gasteiger partial charge on any atom is 0.434 e. The Kier molecular flexibility index (Phi) is 4.13. The molecule has 0 aliphatic rings. The average molecular weight is 316 g/mol. The van der Waals surface area contributed by atoms with Crippen molar-refractivity contribution in [2.75, 3.05) is 7.11 Å². The van der Waals surface area contributed by atoms with Crippen molar-refractivity contribution in [3.8, 4) is 0 Å². The van der Waals surface area contributed by atoms with Gasteiger partial charge < -0.3 is 9.84 Å². The standard InChI is InChI=1S/C12H11F3N4O3/c1-22-10(20)11(21,12(13,14)15)9-7-19(18-17-9)6-8-2-4-16-5-3-8/h2-5,7,21H,6H2,1H3. The van der Waals surface area contributed by atoms with Crippen LogP contribution in [0.5, 0.6) is 0 Å². The second kappa shape index (κ2) is 5.72. The fourth-order valence-electron chi connectivity index (χ4n) is 1.73. The van der Waals surface area contributed by atoms with Gasteiger partial charge in [0, 0.05) is 12.4 Å². The summed E-state index contributed by atoms with van der Waals surface area (Å²) in [7, 11) is 0.737. The number of pyridine rings is 1. The molecule has 0 aromatic carbocycles. The molecule has 1 unspecified atom stereocenters. The van der Waals surface area contributed by atoms with Crippen LogP contribution in [0.15, 0.2) is 30.7 Å². The van der Waals surface area contributed by atoms with Crippen LogP contribution < -0.4 is 0 Å². The number of methoxy groups -OCH3 is 1. The zero-order chi connectivity index (χ0) is 16.4. The minimum Gasteiger partial charge on any atom is -0.466 e. The van der Waals surface area contributed by atoms with E-state index in [2.05, 4.69) is 20.0 Å². The lowest BCUT2D eigenvalue weighted by Gasteiger charge is -2.25. The van der Waals surface area contributed by atoms with E-state index < -0.39 is 23.4 Å². The van der Waals surface area contributed by atoms with Gasteiger partial charge in [-0.1, -0.05) is 5.21 Å². The Balaban J connectivity index is 2.34. The van der Waals surface area contributed by atoms with E-state index in [0.717, 1.165) is 18.0 Å². The molecule has 118 valence electrons. The zero-order valence-corrected chi connectivity index (χ0v) is 11.3. The second-order valence-corrected chi connectivity index (χ2v) is 4.36. The summed E-state index contributed by atoms with van der Waals surface area (Å²) in [6.07, 6.45) is -1.44. The molecule has 2 aromatic heterocycles. The van der Waals surface area contributed by atoms with E-state index in [9.17, 15) is 23.1 Å². The molecule has 10 heteroatoms. The highest BCUT2D eigenvalue weighted by atomic mass is 19.4. The van der Waals surface area contributed by atoms with Crippen LogP contribution in [0, 0.1) is 0 Å². The summed E-state index contributed by atoms with van der Waals surface area (Å²) >= 11 is 0. The summed E-state index contributed by atoms with van der Waals surface area (Å²) in [5.41, 5.74) is -4.11. The van der Waals surface area contributed by atoms with Crippen LogP contribution >= 0.6 is 0 Å². The lowest BCUT2D eigenvalue weighted by atomic mass is 10.00. The molecule has 0 fully saturated rings. The molecule has 0 spiro atoms. The molecule has 2 aromatic rings. The summed E-state index contributed by atoms with van der Waals surface area (Å²) in [5, 5.41) is 16.5. The summed E-state index contributed by atoms with van der Waals surface area (Å²) in [5.74, 6) is -1.88. The van der Waals surface area contributed by atoms with Gasteiger partial charge in [-0.2, -0.15) is 13.2 Å². The summed E-state index contributed by atoms with van der Waals surface area (Å²) in [4.78, 5) is 15.2. The Morgan fingerprint density at radius 1 is 1.36 bits per heavy atom. The smallest absolute Gasteiger partial charge is 0.434 e. The Labute approximate surface area is 122 Å². The highest BCUT2D eigenvalue weighted by molar-refractivity contribution is 5.81. The molecule has 0 amide bonds. The van der Waals surface area contributed by atoms with Gasteiger partial charge in [-0.05, 0) is 17.7 Å². The van der Waals surface area contributed by atoms with E-state index in [1.165, 1.54) is 12.4 Å². The first-order valence-corrected chi connectivity index (χ1v) is 5.96. The Hall–Kier alpha value is -2.49. The van der Waals surface area contributed by atoms with Crippen molar-refractivity contribution in [2.45, 2.75) is 18.3 Å². The third kappa shape index (κ3) is 2.77. The largest absolute Gasteiger partial charge is 0.466 e. The number of rotatable bonds is 4. The lowest BCUT2D eigenvalue weighted by molar-refractivity contribution is -0.268. The van der Waals surface area contributed by atoms with Gasteiger partial charge in [0.05, 0.1) is 19.9 Å². The van der Waals surface area contributed by atoms with Crippen LogP contribution in [-0.2, 0) is 21.7 Å². The van der Waals surface area contributed by atoms with Crippen molar-refractivity contribution in [1.29, 1.82) is 0 Å². The number of aliphatic hydroxyl groups is 1. The molecule has 1 N–H and O–H groups in total. The van der Waals surface area contributed by atoms with Gasteiger partial charge in [-0.3, -0.25) is 4.98 Å². The van der Waals surface area contributed by atoms with Crippen molar-refractivity contribution >= 4 is 5.97 Å². The third-order valence-corrected chi connectivity index (χ3v) is 2.89. The number of alkyl halides is 3. The van der Waals surface area contributed by atoms with Crippen LogP contribution in [-0.4, -0.2) is 44.3 Å². The minimum absolute atomic E-state index is 0.102. The van der Waals surface area contributed by atoms with Crippen molar-refractivity contribution in [1.82, 2.24) is 20.0 Å². The number of halogens is 3. The fourth-order valence-corrected chi connectivity index (χ4v) is 1.73. The van der Waals surface area contributed by atoms with E-state index in [1.54, 1.807) is 12.1 Å². The van der Waals surface area contributed by atoms with Gasteiger partial charge in [0.2, 0.25) is 0 Å². The van der Waals surface area contributed by atoms with Crippen LogP contribution in [0.4, 0.5) is 13.2 Å². The first-order chi connectivity index (χ1) is 10.3. The summed E-state index contributed by atoms with van der Waals surface area (Å²) < 4.78 is 44.2.